The Bertz CT molecular complexity index is 340. The van der Waals surface area contributed by atoms with Crippen molar-refractivity contribution in [1.82, 2.24) is 10.2 Å². The lowest BCUT2D eigenvalue weighted by atomic mass is 9.95. The molecule has 4 rings (SSSR count). The van der Waals surface area contributed by atoms with Crippen molar-refractivity contribution in [3.8, 4) is 0 Å². The van der Waals surface area contributed by atoms with Crippen molar-refractivity contribution in [2.75, 3.05) is 26.2 Å². The zero-order valence-electron chi connectivity index (χ0n) is 12.2. The summed E-state index contributed by atoms with van der Waals surface area (Å²) in [7, 11) is 0. The molecule has 0 radical (unpaired) electrons. The Kier molecular flexibility index (Phi) is 3.13. The summed E-state index contributed by atoms with van der Waals surface area (Å²) in [6, 6.07) is 0.753. The Morgan fingerprint density at radius 2 is 2.05 bits per heavy atom. The lowest BCUT2D eigenvalue weighted by Crippen LogP contribution is -2.39. The van der Waals surface area contributed by atoms with Crippen LogP contribution in [0.2, 0.25) is 0 Å². The van der Waals surface area contributed by atoms with Gasteiger partial charge in [-0.1, -0.05) is 12.8 Å². The highest BCUT2D eigenvalue weighted by Crippen LogP contribution is 2.44. The summed E-state index contributed by atoms with van der Waals surface area (Å²) in [5, 5.41) is 3.55. The predicted octanol–water partition coefficient (Wildman–Crippen LogP) is 2.02. The van der Waals surface area contributed by atoms with Crippen LogP contribution in [0.3, 0.4) is 0 Å². The van der Waals surface area contributed by atoms with Gasteiger partial charge in [0.25, 0.3) is 0 Å². The number of nitrogens with zero attached hydrogens (tertiary/aromatic N) is 1. The second-order valence-electron chi connectivity index (χ2n) is 7.45. The summed E-state index contributed by atoms with van der Waals surface area (Å²) < 4.78 is 6.48. The Balaban J connectivity index is 1.35. The van der Waals surface area contributed by atoms with Gasteiger partial charge in [-0.2, -0.15) is 0 Å². The van der Waals surface area contributed by atoms with Gasteiger partial charge in [0.05, 0.1) is 11.7 Å². The van der Waals surface area contributed by atoms with Crippen LogP contribution < -0.4 is 5.32 Å². The third-order valence-corrected chi connectivity index (χ3v) is 6.35. The summed E-state index contributed by atoms with van der Waals surface area (Å²) in [5.41, 5.74) is 0.311. The van der Waals surface area contributed by atoms with Crippen LogP contribution in [0.15, 0.2) is 0 Å². The normalized spacial score (nSPS) is 45.3. The highest BCUT2D eigenvalue weighted by atomic mass is 16.5. The molecule has 1 saturated carbocycles. The highest BCUT2D eigenvalue weighted by molar-refractivity contribution is 4.99. The number of fused-ring (bicyclic) bond motifs is 1. The first kappa shape index (κ1) is 12.6. The van der Waals surface area contributed by atoms with Gasteiger partial charge in [-0.15, -0.1) is 0 Å². The quantitative estimate of drug-likeness (QED) is 0.826. The van der Waals surface area contributed by atoms with Crippen LogP contribution >= 0.6 is 0 Å². The van der Waals surface area contributed by atoms with Gasteiger partial charge in [0.2, 0.25) is 0 Å². The van der Waals surface area contributed by atoms with Gasteiger partial charge in [-0.3, -0.25) is 4.90 Å². The molecule has 1 N–H and O–H groups in total. The van der Waals surface area contributed by atoms with Gasteiger partial charge in [-0.05, 0) is 57.5 Å². The van der Waals surface area contributed by atoms with Gasteiger partial charge in [0.1, 0.15) is 0 Å². The van der Waals surface area contributed by atoms with Crippen molar-refractivity contribution in [2.45, 2.75) is 63.2 Å². The minimum absolute atomic E-state index is 0.311. The van der Waals surface area contributed by atoms with Crippen molar-refractivity contribution in [2.24, 2.45) is 11.8 Å². The molecule has 3 heteroatoms. The average molecular weight is 264 g/mol. The standard InChI is InChI=1S/C16H28N2O/c1-12-15-9-17-8-13(15)10-18(12)11-14-4-7-16(19-14)5-2-3-6-16/h12-15,17H,2-11H2,1H3. The molecule has 3 nitrogen and oxygen atoms in total. The number of hydrogen-bond donors (Lipinski definition) is 1. The molecule has 3 aliphatic heterocycles. The fourth-order valence-corrected chi connectivity index (χ4v) is 5.17. The third kappa shape index (κ3) is 2.14. The van der Waals surface area contributed by atoms with Crippen molar-refractivity contribution in [3.05, 3.63) is 0 Å². The summed E-state index contributed by atoms with van der Waals surface area (Å²) in [6.45, 7) is 7.39. The summed E-state index contributed by atoms with van der Waals surface area (Å²) >= 11 is 0. The molecular formula is C16H28N2O. The fraction of sp³-hybridized carbons (Fsp3) is 1.00. The maximum atomic E-state index is 6.48. The molecule has 4 unspecified atom stereocenters. The Morgan fingerprint density at radius 3 is 2.84 bits per heavy atom. The van der Waals surface area contributed by atoms with Crippen LogP contribution in [0.4, 0.5) is 0 Å². The second-order valence-corrected chi connectivity index (χ2v) is 7.45. The number of ether oxygens (including phenoxy) is 1. The summed E-state index contributed by atoms with van der Waals surface area (Å²) in [4.78, 5) is 2.72. The topological polar surface area (TPSA) is 24.5 Å². The second kappa shape index (κ2) is 4.71. The lowest BCUT2D eigenvalue weighted by molar-refractivity contribution is -0.0487. The van der Waals surface area contributed by atoms with Gasteiger partial charge in [0, 0.05) is 19.1 Å². The van der Waals surface area contributed by atoms with Gasteiger partial charge in [-0.25, -0.2) is 0 Å². The van der Waals surface area contributed by atoms with Crippen LogP contribution in [0.5, 0.6) is 0 Å². The minimum atomic E-state index is 0.311. The maximum absolute atomic E-state index is 6.48. The van der Waals surface area contributed by atoms with Crippen molar-refractivity contribution < 1.29 is 4.74 Å². The number of hydrogen-bond acceptors (Lipinski definition) is 3. The molecule has 0 aromatic heterocycles. The lowest BCUT2D eigenvalue weighted by Gasteiger charge is -2.29. The Morgan fingerprint density at radius 1 is 1.21 bits per heavy atom. The van der Waals surface area contributed by atoms with Crippen LogP contribution in [-0.4, -0.2) is 48.8 Å². The molecule has 1 aliphatic carbocycles. The fourth-order valence-electron chi connectivity index (χ4n) is 5.17. The van der Waals surface area contributed by atoms with E-state index < -0.39 is 0 Å². The molecule has 3 heterocycles. The summed E-state index contributed by atoms with van der Waals surface area (Å²) in [5.74, 6) is 1.79. The van der Waals surface area contributed by atoms with Crippen molar-refractivity contribution in [1.29, 1.82) is 0 Å². The zero-order valence-corrected chi connectivity index (χ0v) is 12.2. The predicted molar refractivity (Wildman–Crippen MR) is 76.2 cm³/mol. The molecule has 0 aromatic rings. The van der Waals surface area contributed by atoms with Crippen molar-refractivity contribution >= 4 is 0 Å². The smallest absolute Gasteiger partial charge is 0.0710 e. The summed E-state index contributed by atoms with van der Waals surface area (Å²) in [6.07, 6.45) is 8.59. The molecule has 4 fully saturated rings. The number of rotatable bonds is 2. The monoisotopic (exact) mass is 264 g/mol. The van der Waals surface area contributed by atoms with E-state index in [0.717, 1.165) is 17.9 Å². The molecule has 108 valence electrons. The Labute approximate surface area is 117 Å². The molecule has 1 spiro atoms. The van der Waals surface area contributed by atoms with E-state index >= 15 is 0 Å². The minimum Gasteiger partial charge on any atom is -0.370 e. The third-order valence-electron chi connectivity index (χ3n) is 6.35. The van der Waals surface area contributed by atoms with Crippen LogP contribution in [0.1, 0.15) is 45.4 Å². The van der Waals surface area contributed by atoms with E-state index in [0.29, 0.717) is 11.7 Å². The molecule has 4 atom stereocenters. The Hall–Kier alpha value is -0.120. The van der Waals surface area contributed by atoms with E-state index in [1.807, 2.05) is 0 Å². The maximum Gasteiger partial charge on any atom is 0.0710 e. The number of likely N-dealkylation sites (tertiary alicyclic amines) is 1. The van der Waals surface area contributed by atoms with Crippen molar-refractivity contribution in [3.63, 3.8) is 0 Å². The van der Waals surface area contributed by atoms with E-state index in [-0.39, 0.29) is 0 Å². The molecule has 3 saturated heterocycles. The molecule has 0 amide bonds. The van der Waals surface area contributed by atoms with E-state index in [1.165, 1.54) is 64.7 Å². The van der Waals surface area contributed by atoms with Crippen LogP contribution in [0.25, 0.3) is 0 Å². The molecule has 4 aliphatic rings. The average Bonchev–Trinajstić information content (AvgIpc) is 3.13. The van der Waals surface area contributed by atoms with Gasteiger partial charge in [0.15, 0.2) is 0 Å². The molecule has 19 heavy (non-hydrogen) atoms. The molecular weight excluding hydrogens is 236 g/mol. The van der Waals surface area contributed by atoms with E-state index in [9.17, 15) is 0 Å². The van der Waals surface area contributed by atoms with E-state index in [2.05, 4.69) is 17.1 Å². The van der Waals surface area contributed by atoms with E-state index in [1.54, 1.807) is 0 Å². The van der Waals surface area contributed by atoms with Crippen LogP contribution in [0, 0.1) is 11.8 Å². The first-order valence-electron chi connectivity index (χ1n) is 8.38. The van der Waals surface area contributed by atoms with Gasteiger partial charge >= 0.3 is 0 Å². The molecule has 0 bridgehead atoms. The first-order valence-corrected chi connectivity index (χ1v) is 8.38. The largest absolute Gasteiger partial charge is 0.370 e. The van der Waals surface area contributed by atoms with E-state index in [4.69, 9.17) is 4.74 Å². The first-order chi connectivity index (χ1) is 9.26. The number of nitrogens with one attached hydrogen (secondary N) is 1. The highest BCUT2D eigenvalue weighted by Gasteiger charge is 2.46. The zero-order chi connectivity index (χ0) is 12.9. The van der Waals surface area contributed by atoms with Crippen LogP contribution in [-0.2, 0) is 4.74 Å². The SMILES string of the molecule is CC1C2CNCC2CN1CC1CCC2(CCCC2)O1. The van der Waals surface area contributed by atoms with Gasteiger partial charge < -0.3 is 10.1 Å². The molecule has 0 aromatic carbocycles.